The predicted octanol–water partition coefficient (Wildman–Crippen LogP) is 6.00. The summed E-state index contributed by atoms with van der Waals surface area (Å²) in [5.74, 6) is 0.898. The first-order chi connectivity index (χ1) is 12.4. The van der Waals surface area contributed by atoms with Crippen molar-refractivity contribution in [2.45, 2.75) is 0 Å². The van der Waals surface area contributed by atoms with Crippen molar-refractivity contribution in [3.8, 4) is 5.75 Å². The molecule has 0 saturated heterocycles. The lowest BCUT2D eigenvalue weighted by molar-refractivity contribution is 0.415. The minimum absolute atomic E-state index is 0.898. The Hall–Kier alpha value is -3.26. The molecule has 0 aliphatic heterocycles. The highest BCUT2D eigenvalue weighted by Crippen LogP contribution is 2.43. The van der Waals surface area contributed by atoms with Crippen LogP contribution in [0.5, 0.6) is 5.75 Å². The minimum Gasteiger partial charge on any atom is -0.497 e. The van der Waals surface area contributed by atoms with Crippen LogP contribution >= 0.6 is 0 Å². The van der Waals surface area contributed by atoms with Crippen LogP contribution in [0.25, 0.3) is 48.9 Å². The number of hydrogen-bond donors (Lipinski definition) is 0. The molecule has 0 unspecified atom stereocenters. The molecule has 0 aliphatic carbocycles. The third-order valence-corrected chi connectivity index (χ3v) is 5.39. The Kier molecular flexibility index (Phi) is 2.31. The summed E-state index contributed by atoms with van der Waals surface area (Å²) in [4.78, 5) is 0. The van der Waals surface area contributed by atoms with Crippen LogP contribution < -0.4 is 4.74 Å². The van der Waals surface area contributed by atoms with Crippen LogP contribution in [-0.2, 0) is 0 Å². The highest BCUT2D eigenvalue weighted by Gasteiger charge is 2.19. The molecule has 2 heteroatoms. The van der Waals surface area contributed by atoms with E-state index in [2.05, 4.69) is 71.1 Å². The second kappa shape index (κ2) is 4.42. The third-order valence-electron chi connectivity index (χ3n) is 5.39. The SMILES string of the molecule is COc1ccc2c(c1)c1cc3ccccc3c3c4ccccc4n2c13. The largest absolute Gasteiger partial charge is 0.497 e. The molecule has 0 bridgehead atoms. The molecule has 0 radical (unpaired) electrons. The number of nitrogens with zero attached hydrogens (tertiary/aromatic N) is 1. The van der Waals surface area contributed by atoms with Gasteiger partial charge in [-0.1, -0.05) is 42.5 Å². The van der Waals surface area contributed by atoms with Crippen molar-refractivity contribution < 1.29 is 4.74 Å². The number of fused-ring (bicyclic) bond motifs is 8. The van der Waals surface area contributed by atoms with E-state index in [-0.39, 0.29) is 0 Å². The molecule has 0 amide bonds. The van der Waals surface area contributed by atoms with Gasteiger partial charge in [-0.25, -0.2) is 0 Å². The number of aromatic nitrogens is 1. The van der Waals surface area contributed by atoms with Crippen molar-refractivity contribution in [3.05, 3.63) is 72.8 Å². The number of ether oxygens (including phenoxy) is 1. The van der Waals surface area contributed by atoms with Crippen molar-refractivity contribution >= 4 is 48.9 Å². The average Bonchev–Trinajstić information content (AvgIpc) is 3.18. The van der Waals surface area contributed by atoms with Crippen LogP contribution in [0.1, 0.15) is 0 Å². The van der Waals surface area contributed by atoms with Gasteiger partial charge in [0.05, 0.1) is 23.7 Å². The van der Waals surface area contributed by atoms with E-state index in [1.165, 1.54) is 48.9 Å². The molecule has 0 saturated carbocycles. The maximum Gasteiger partial charge on any atom is 0.119 e. The molecule has 118 valence electrons. The number of methoxy groups -OCH3 is 1. The summed E-state index contributed by atoms with van der Waals surface area (Å²) >= 11 is 0. The van der Waals surface area contributed by atoms with E-state index in [0.29, 0.717) is 0 Å². The molecule has 2 aromatic heterocycles. The van der Waals surface area contributed by atoms with Gasteiger partial charge in [0.1, 0.15) is 5.75 Å². The molecule has 0 spiro atoms. The Balaban J connectivity index is 2.05. The Morgan fingerprint density at radius 2 is 1.44 bits per heavy atom. The smallest absolute Gasteiger partial charge is 0.119 e. The summed E-state index contributed by atoms with van der Waals surface area (Å²) in [5.41, 5.74) is 3.81. The van der Waals surface area contributed by atoms with Gasteiger partial charge in [-0.2, -0.15) is 0 Å². The van der Waals surface area contributed by atoms with E-state index < -0.39 is 0 Å². The zero-order chi connectivity index (χ0) is 16.5. The van der Waals surface area contributed by atoms with Crippen LogP contribution in [0.4, 0.5) is 0 Å². The Bertz CT molecular complexity index is 1420. The van der Waals surface area contributed by atoms with Crippen molar-refractivity contribution in [2.24, 2.45) is 0 Å². The maximum absolute atomic E-state index is 5.48. The van der Waals surface area contributed by atoms with Crippen molar-refractivity contribution in [3.63, 3.8) is 0 Å². The lowest BCUT2D eigenvalue weighted by Crippen LogP contribution is -1.83. The molecular weight excluding hydrogens is 306 g/mol. The molecule has 0 fully saturated rings. The van der Waals surface area contributed by atoms with Gasteiger partial charge >= 0.3 is 0 Å². The second-order valence-corrected chi connectivity index (χ2v) is 6.60. The van der Waals surface area contributed by atoms with Crippen molar-refractivity contribution in [1.82, 2.24) is 4.40 Å². The van der Waals surface area contributed by atoms with Gasteiger partial charge in [0, 0.05) is 21.5 Å². The molecule has 2 nitrogen and oxygen atoms in total. The topological polar surface area (TPSA) is 13.6 Å². The lowest BCUT2D eigenvalue weighted by Gasteiger charge is -2.03. The molecule has 0 aliphatic rings. The van der Waals surface area contributed by atoms with Gasteiger partial charge in [0.2, 0.25) is 0 Å². The van der Waals surface area contributed by atoms with E-state index in [9.17, 15) is 0 Å². The highest BCUT2D eigenvalue weighted by atomic mass is 16.5. The average molecular weight is 321 g/mol. The van der Waals surface area contributed by atoms with Gasteiger partial charge in [-0.15, -0.1) is 0 Å². The molecule has 6 rings (SSSR count). The number of hydrogen-bond acceptors (Lipinski definition) is 1. The fraction of sp³-hybridized carbons (Fsp3) is 0.0435. The molecular formula is C23H15NO. The van der Waals surface area contributed by atoms with Crippen molar-refractivity contribution in [1.29, 1.82) is 0 Å². The lowest BCUT2D eigenvalue weighted by atomic mass is 10.0. The van der Waals surface area contributed by atoms with Crippen LogP contribution in [0.2, 0.25) is 0 Å². The van der Waals surface area contributed by atoms with Crippen LogP contribution in [0, 0.1) is 0 Å². The van der Waals surface area contributed by atoms with Gasteiger partial charge in [0.25, 0.3) is 0 Å². The van der Waals surface area contributed by atoms with Crippen LogP contribution in [0.3, 0.4) is 0 Å². The van der Waals surface area contributed by atoms with E-state index in [4.69, 9.17) is 4.74 Å². The van der Waals surface area contributed by atoms with Gasteiger partial charge in [-0.3, -0.25) is 0 Å². The van der Waals surface area contributed by atoms with Crippen LogP contribution in [0.15, 0.2) is 72.8 Å². The first-order valence-electron chi connectivity index (χ1n) is 8.50. The zero-order valence-corrected chi connectivity index (χ0v) is 13.8. The summed E-state index contributed by atoms with van der Waals surface area (Å²) in [5, 5.41) is 7.80. The summed E-state index contributed by atoms with van der Waals surface area (Å²) in [6, 6.07) is 26.1. The molecule has 2 heterocycles. The normalized spacial score (nSPS) is 12.2. The number of benzene rings is 4. The minimum atomic E-state index is 0.898. The highest BCUT2D eigenvalue weighted by molar-refractivity contribution is 6.31. The van der Waals surface area contributed by atoms with Crippen LogP contribution in [-0.4, -0.2) is 11.5 Å². The monoisotopic (exact) mass is 321 g/mol. The fourth-order valence-corrected chi connectivity index (χ4v) is 4.35. The summed E-state index contributed by atoms with van der Waals surface area (Å²) in [7, 11) is 1.72. The van der Waals surface area contributed by atoms with E-state index in [0.717, 1.165) is 5.75 Å². The zero-order valence-electron chi connectivity index (χ0n) is 13.8. The molecule has 6 aromatic rings. The fourth-order valence-electron chi connectivity index (χ4n) is 4.35. The quantitative estimate of drug-likeness (QED) is 0.362. The molecule has 4 aromatic carbocycles. The van der Waals surface area contributed by atoms with Gasteiger partial charge in [-0.05, 0) is 41.1 Å². The van der Waals surface area contributed by atoms with E-state index in [1.807, 2.05) is 6.07 Å². The van der Waals surface area contributed by atoms with Gasteiger partial charge < -0.3 is 9.14 Å². The third kappa shape index (κ3) is 1.50. The predicted molar refractivity (Wildman–Crippen MR) is 105 cm³/mol. The maximum atomic E-state index is 5.48. The first-order valence-corrected chi connectivity index (χ1v) is 8.50. The van der Waals surface area contributed by atoms with Gasteiger partial charge in [0.15, 0.2) is 0 Å². The number of para-hydroxylation sites is 1. The Labute approximate surface area is 144 Å². The van der Waals surface area contributed by atoms with Crippen molar-refractivity contribution in [2.75, 3.05) is 7.11 Å². The summed E-state index contributed by atoms with van der Waals surface area (Å²) in [6.07, 6.45) is 0. The molecule has 0 N–H and O–H groups in total. The summed E-state index contributed by atoms with van der Waals surface area (Å²) < 4.78 is 7.88. The van der Waals surface area contributed by atoms with E-state index >= 15 is 0 Å². The summed E-state index contributed by atoms with van der Waals surface area (Å²) in [6.45, 7) is 0. The molecule has 25 heavy (non-hydrogen) atoms. The Morgan fingerprint density at radius 1 is 0.680 bits per heavy atom. The van der Waals surface area contributed by atoms with E-state index in [1.54, 1.807) is 7.11 Å². The number of rotatable bonds is 1. The second-order valence-electron chi connectivity index (χ2n) is 6.60. The Morgan fingerprint density at radius 3 is 2.32 bits per heavy atom. The molecule has 0 atom stereocenters. The first kappa shape index (κ1) is 13.1. The standard InChI is InChI=1S/C23H15NO/c1-25-15-10-11-21-18(13-15)19-12-14-6-2-3-7-16(14)22-17-8-4-5-9-20(17)24(21)23(19)22/h2-13H,1H3.